The Morgan fingerprint density at radius 1 is 1.32 bits per heavy atom. The topological polar surface area (TPSA) is 38.0 Å². The van der Waals surface area contributed by atoms with Gasteiger partial charge in [-0.3, -0.25) is 0 Å². The van der Waals surface area contributed by atoms with Crippen LogP contribution in [0.25, 0.3) is 0 Å². The van der Waals surface area contributed by atoms with Gasteiger partial charge in [-0.25, -0.2) is 4.98 Å². The molecule has 3 heteroatoms. The molecule has 0 aliphatic carbocycles. The van der Waals surface area contributed by atoms with E-state index in [-0.39, 0.29) is 6.61 Å². The lowest BCUT2D eigenvalue weighted by molar-refractivity contribution is 0.190. The largest absolute Gasteiger partial charge is 0.396 e. The Hall–Kier alpha value is -1.61. The number of hydrogen-bond donors (Lipinski definition) is 1. The van der Waals surface area contributed by atoms with E-state index in [1.807, 2.05) is 0 Å². The zero-order valence-corrected chi connectivity index (χ0v) is 11.3. The lowest BCUT2D eigenvalue weighted by atomic mass is 10.0. The van der Waals surface area contributed by atoms with E-state index in [0.717, 1.165) is 31.5 Å². The van der Waals surface area contributed by atoms with Gasteiger partial charge < -0.3 is 9.67 Å². The van der Waals surface area contributed by atoms with Gasteiger partial charge in [0.05, 0.1) is 5.69 Å². The monoisotopic (exact) mass is 256 g/mol. The molecule has 0 bridgehead atoms. The highest BCUT2D eigenvalue weighted by atomic mass is 16.3. The van der Waals surface area contributed by atoms with Crippen molar-refractivity contribution in [2.75, 3.05) is 6.61 Å². The molecule has 0 spiro atoms. The summed E-state index contributed by atoms with van der Waals surface area (Å²) in [5, 5.41) is 9.25. The van der Waals surface area contributed by atoms with E-state index < -0.39 is 0 Å². The summed E-state index contributed by atoms with van der Waals surface area (Å²) in [5.41, 5.74) is 3.73. The van der Waals surface area contributed by atoms with E-state index in [9.17, 15) is 5.11 Å². The van der Waals surface area contributed by atoms with Gasteiger partial charge in [-0.1, -0.05) is 29.8 Å². The van der Waals surface area contributed by atoms with Gasteiger partial charge in [-0.2, -0.15) is 0 Å². The maximum atomic E-state index is 9.25. The molecule has 0 saturated carbocycles. The molecule has 3 nitrogen and oxygen atoms in total. The van der Waals surface area contributed by atoms with Crippen molar-refractivity contribution in [1.29, 1.82) is 0 Å². The first-order valence-electron chi connectivity index (χ1n) is 6.96. The number of hydrogen-bond acceptors (Lipinski definition) is 2. The number of aliphatic hydroxyl groups is 1. The van der Waals surface area contributed by atoms with Crippen LogP contribution in [0.4, 0.5) is 0 Å². The molecule has 0 amide bonds. The first-order chi connectivity index (χ1) is 9.24. The normalized spacial score (nSPS) is 18.3. The van der Waals surface area contributed by atoms with Gasteiger partial charge in [0, 0.05) is 38.1 Å². The first kappa shape index (κ1) is 12.4. The van der Waals surface area contributed by atoms with E-state index in [0.29, 0.717) is 5.92 Å². The summed E-state index contributed by atoms with van der Waals surface area (Å²) in [6.45, 7) is 3.30. The number of aromatic nitrogens is 2. The summed E-state index contributed by atoms with van der Waals surface area (Å²) >= 11 is 0. The Morgan fingerprint density at radius 2 is 2.11 bits per heavy atom. The van der Waals surface area contributed by atoms with Crippen molar-refractivity contribution in [1.82, 2.24) is 9.55 Å². The van der Waals surface area contributed by atoms with Gasteiger partial charge in [-0.05, 0) is 18.9 Å². The Labute approximate surface area is 113 Å². The zero-order valence-electron chi connectivity index (χ0n) is 11.3. The van der Waals surface area contributed by atoms with Gasteiger partial charge >= 0.3 is 0 Å². The maximum absolute atomic E-state index is 9.25. The third-order valence-corrected chi connectivity index (χ3v) is 3.90. The average Bonchev–Trinajstić information content (AvgIpc) is 2.82. The summed E-state index contributed by atoms with van der Waals surface area (Å²) < 4.78 is 2.22. The summed E-state index contributed by atoms with van der Waals surface area (Å²) in [4.78, 5) is 4.72. The fourth-order valence-electron chi connectivity index (χ4n) is 2.72. The van der Waals surface area contributed by atoms with Crippen LogP contribution < -0.4 is 0 Å². The van der Waals surface area contributed by atoms with Crippen molar-refractivity contribution >= 4 is 0 Å². The smallest absolute Gasteiger partial charge is 0.108 e. The average molecular weight is 256 g/mol. The molecule has 2 heterocycles. The van der Waals surface area contributed by atoms with Crippen LogP contribution in [0.1, 0.15) is 29.1 Å². The van der Waals surface area contributed by atoms with Gasteiger partial charge in [-0.15, -0.1) is 0 Å². The minimum Gasteiger partial charge on any atom is -0.396 e. The predicted octanol–water partition coefficient (Wildman–Crippen LogP) is 2.34. The van der Waals surface area contributed by atoms with Crippen LogP contribution in [0.5, 0.6) is 0 Å². The molecule has 1 aliphatic heterocycles. The molecular weight excluding hydrogens is 236 g/mol. The van der Waals surface area contributed by atoms with Crippen molar-refractivity contribution < 1.29 is 5.11 Å². The molecule has 1 N–H and O–H groups in total. The van der Waals surface area contributed by atoms with E-state index in [4.69, 9.17) is 4.98 Å². The van der Waals surface area contributed by atoms with Gasteiger partial charge in [0.1, 0.15) is 5.82 Å². The maximum Gasteiger partial charge on any atom is 0.108 e. The Morgan fingerprint density at radius 3 is 2.84 bits per heavy atom. The molecule has 0 fully saturated rings. The molecule has 100 valence electrons. The second-order valence-electron chi connectivity index (χ2n) is 5.55. The molecule has 19 heavy (non-hydrogen) atoms. The van der Waals surface area contributed by atoms with Crippen LogP contribution in [-0.2, 0) is 19.4 Å². The highest BCUT2D eigenvalue weighted by Gasteiger charge is 2.19. The van der Waals surface area contributed by atoms with Crippen LogP contribution >= 0.6 is 0 Å². The minimum atomic E-state index is 0.283. The number of nitrogens with zero attached hydrogens (tertiary/aromatic N) is 2. The SMILES string of the molecule is Cc1ccc(Cc2cn3c(n2)CCC(CO)C3)cc1. The first-order valence-corrected chi connectivity index (χ1v) is 6.96. The summed E-state index contributed by atoms with van der Waals surface area (Å²) in [5.74, 6) is 1.57. The second-order valence-corrected chi connectivity index (χ2v) is 5.55. The molecule has 1 aromatic carbocycles. The lowest BCUT2D eigenvalue weighted by Gasteiger charge is -2.21. The van der Waals surface area contributed by atoms with E-state index in [1.54, 1.807) is 0 Å². The van der Waals surface area contributed by atoms with Gasteiger partial charge in [0.15, 0.2) is 0 Å². The van der Waals surface area contributed by atoms with Crippen LogP contribution in [0.15, 0.2) is 30.5 Å². The number of rotatable bonds is 3. The number of imidazole rings is 1. The molecule has 1 unspecified atom stereocenters. The third-order valence-electron chi connectivity index (χ3n) is 3.90. The molecular formula is C16H20N2O. The van der Waals surface area contributed by atoms with Crippen LogP contribution in [0, 0.1) is 12.8 Å². The number of fused-ring (bicyclic) bond motifs is 1. The van der Waals surface area contributed by atoms with Gasteiger partial charge in [0.25, 0.3) is 0 Å². The molecule has 2 aromatic rings. The fraction of sp³-hybridized carbons (Fsp3) is 0.438. The molecule has 1 aliphatic rings. The Balaban J connectivity index is 1.76. The highest BCUT2D eigenvalue weighted by Crippen LogP contribution is 2.20. The lowest BCUT2D eigenvalue weighted by Crippen LogP contribution is -2.22. The summed E-state index contributed by atoms with van der Waals surface area (Å²) in [6, 6.07) is 8.63. The molecule has 0 radical (unpaired) electrons. The minimum absolute atomic E-state index is 0.283. The van der Waals surface area contributed by atoms with Crippen molar-refractivity contribution in [2.24, 2.45) is 5.92 Å². The standard InChI is InChI=1S/C16H20N2O/c1-12-2-4-13(5-3-12)8-15-10-18-9-14(11-19)6-7-16(18)17-15/h2-5,10,14,19H,6-9,11H2,1H3. The number of aliphatic hydroxyl groups excluding tert-OH is 1. The second kappa shape index (κ2) is 5.17. The fourth-order valence-corrected chi connectivity index (χ4v) is 2.72. The number of aryl methyl sites for hydroxylation is 2. The highest BCUT2D eigenvalue weighted by molar-refractivity contribution is 5.25. The number of benzene rings is 1. The van der Waals surface area contributed by atoms with Crippen molar-refractivity contribution in [2.45, 2.75) is 32.7 Å². The third kappa shape index (κ3) is 2.71. The van der Waals surface area contributed by atoms with Crippen molar-refractivity contribution in [3.05, 3.63) is 53.1 Å². The zero-order chi connectivity index (χ0) is 13.2. The van der Waals surface area contributed by atoms with Crippen LogP contribution in [-0.4, -0.2) is 21.3 Å². The van der Waals surface area contributed by atoms with E-state index >= 15 is 0 Å². The summed E-state index contributed by atoms with van der Waals surface area (Å²) in [7, 11) is 0. The molecule has 3 rings (SSSR count). The molecule has 0 saturated heterocycles. The molecule has 1 aromatic heterocycles. The van der Waals surface area contributed by atoms with E-state index in [1.165, 1.54) is 17.0 Å². The predicted molar refractivity (Wildman–Crippen MR) is 75.1 cm³/mol. The Bertz CT molecular complexity index is 557. The van der Waals surface area contributed by atoms with Crippen LogP contribution in [0.2, 0.25) is 0 Å². The summed E-state index contributed by atoms with van der Waals surface area (Å²) in [6.07, 6.45) is 5.08. The molecule has 1 atom stereocenters. The Kier molecular flexibility index (Phi) is 3.38. The van der Waals surface area contributed by atoms with Crippen LogP contribution in [0.3, 0.4) is 0 Å². The quantitative estimate of drug-likeness (QED) is 0.915. The van der Waals surface area contributed by atoms with Crippen molar-refractivity contribution in [3.8, 4) is 0 Å². The van der Waals surface area contributed by atoms with Crippen molar-refractivity contribution in [3.63, 3.8) is 0 Å². The van der Waals surface area contributed by atoms with E-state index in [2.05, 4.69) is 42.0 Å². The van der Waals surface area contributed by atoms with Gasteiger partial charge in [0.2, 0.25) is 0 Å².